The molecule has 0 saturated carbocycles. The van der Waals surface area contributed by atoms with Crippen LogP contribution in [0.1, 0.15) is 11.6 Å². The molecule has 1 atom stereocenters. The topological polar surface area (TPSA) is 64.4 Å². The van der Waals surface area contributed by atoms with Crippen LogP contribution in [0.3, 0.4) is 0 Å². The minimum atomic E-state index is -4.74. The fraction of sp³-hybridized carbons (Fsp3) is 0.133. The van der Waals surface area contributed by atoms with Crippen molar-refractivity contribution in [2.75, 3.05) is 5.32 Å². The Morgan fingerprint density at radius 2 is 1.64 bits per heavy atom. The molecule has 116 valence electrons. The van der Waals surface area contributed by atoms with Gasteiger partial charge in [0.1, 0.15) is 11.8 Å². The largest absolute Gasteiger partial charge is 0.573 e. The van der Waals surface area contributed by atoms with Gasteiger partial charge in [0.25, 0.3) is 0 Å². The van der Waals surface area contributed by atoms with Crippen molar-refractivity contribution in [3.8, 4) is 5.75 Å². The molecule has 0 fully saturated rings. The Labute approximate surface area is 124 Å². The van der Waals surface area contributed by atoms with E-state index in [1.54, 1.807) is 30.3 Å². The van der Waals surface area contributed by atoms with Crippen molar-refractivity contribution < 1.29 is 22.7 Å². The Morgan fingerprint density at radius 1 is 1.05 bits per heavy atom. The maximum atomic E-state index is 12.1. The van der Waals surface area contributed by atoms with Gasteiger partial charge in [-0.3, -0.25) is 4.79 Å². The first-order valence-electron chi connectivity index (χ1n) is 6.32. The Balaban J connectivity index is 2.13. The number of nitrogens with one attached hydrogen (secondary N) is 1. The van der Waals surface area contributed by atoms with Gasteiger partial charge in [0.05, 0.1) is 0 Å². The lowest BCUT2D eigenvalue weighted by molar-refractivity contribution is -0.274. The minimum Gasteiger partial charge on any atom is -0.406 e. The fourth-order valence-corrected chi connectivity index (χ4v) is 1.88. The molecular weight excluding hydrogens is 297 g/mol. The Bertz CT molecular complexity index is 627. The summed E-state index contributed by atoms with van der Waals surface area (Å²) in [4.78, 5) is 11.5. The van der Waals surface area contributed by atoms with Crippen LogP contribution in [0.5, 0.6) is 5.75 Å². The maximum absolute atomic E-state index is 12.1. The van der Waals surface area contributed by atoms with E-state index in [9.17, 15) is 18.0 Å². The Morgan fingerprint density at radius 3 is 2.14 bits per heavy atom. The van der Waals surface area contributed by atoms with Crippen molar-refractivity contribution in [2.45, 2.75) is 12.4 Å². The number of benzene rings is 2. The Hall–Kier alpha value is -2.70. The number of carbonyl (C=O) groups is 1. The van der Waals surface area contributed by atoms with E-state index in [0.29, 0.717) is 11.3 Å². The van der Waals surface area contributed by atoms with E-state index in [1.165, 1.54) is 12.1 Å². The van der Waals surface area contributed by atoms with Gasteiger partial charge in [0.2, 0.25) is 5.91 Å². The van der Waals surface area contributed by atoms with E-state index in [1.807, 2.05) is 0 Å². The van der Waals surface area contributed by atoms with E-state index in [4.69, 9.17) is 5.73 Å². The molecule has 0 aliphatic heterocycles. The Kier molecular flexibility index (Phi) is 4.55. The molecule has 4 nitrogen and oxygen atoms in total. The van der Waals surface area contributed by atoms with Gasteiger partial charge in [-0.15, -0.1) is 13.2 Å². The number of ether oxygens (including phenoxy) is 1. The van der Waals surface area contributed by atoms with Crippen molar-refractivity contribution in [1.29, 1.82) is 0 Å². The van der Waals surface area contributed by atoms with Crippen molar-refractivity contribution >= 4 is 11.6 Å². The zero-order chi connectivity index (χ0) is 16.2. The first-order chi connectivity index (χ1) is 10.3. The highest BCUT2D eigenvalue weighted by Crippen LogP contribution is 2.25. The molecule has 1 amide bonds. The van der Waals surface area contributed by atoms with Crippen LogP contribution in [0.2, 0.25) is 0 Å². The molecule has 0 heterocycles. The van der Waals surface area contributed by atoms with Gasteiger partial charge in [0, 0.05) is 5.69 Å². The smallest absolute Gasteiger partial charge is 0.406 e. The number of nitrogens with two attached hydrogens (primary N) is 1. The van der Waals surface area contributed by atoms with E-state index in [2.05, 4.69) is 10.1 Å². The van der Waals surface area contributed by atoms with Gasteiger partial charge >= 0.3 is 6.36 Å². The molecule has 22 heavy (non-hydrogen) atoms. The van der Waals surface area contributed by atoms with Crippen LogP contribution in [0.25, 0.3) is 0 Å². The summed E-state index contributed by atoms with van der Waals surface area (Å²) in [7, 11) is 0. The third-order valence-electron chi connectivity index (χ3n) is 2.82. The minimum absolute atomic E-state index is 0.339. The summed E-state index contributed by atoms with van der Waals surface area (Å²) in [5, 5.41) is 2.87. The highest BCUT2D eigenvalue weighted by Gasteiger charge is 2.31. The molecule has 1 unspecified atom stereocenters. The average Bonchev–Trinajstić information content (AvgIpc) is 2.45. The van der Waals surface area contributed by atoms with Gasteiger partial charge in [-0.1, -0.05) is 30.3 Å². The van der Waals surface area contributed by atoms with Crippen molar-refractivity contribution in [3.05, 3.63) is 60.2 Å². The first kappa shape index (κ1) is 15.7. The van der Waals surface area contributed by atoms with Crippen LogP contribution in [-0.2, 0) is 4.79 Å². The fourth-order valence-electron chi connectivity index (χ4n) is 1.88. The van der Waals surface area contributed by atoms with Crippen molar-refractivity contribution in [3.63, 3.8) is 0 Å². The van der Waals surface area contributed by atoms with E-state index in [0.717, 1.165) is 12.1 Å². The third-order valence-corrected chi connectivity index (χ3v) is 2.82. The SMILES string of the molecule is NC(=O)C(Nc1ccc(OC(F)(F)F)cc1)c1ccccc1. The van der Waals surface area contributed by atoms with E-state index >= 15 is 0 Å². The third kappa shape index (κ3) is 4.41. The summed E-state index contributed by atoms with van der Waals surface area (Å²) < 4.78 is 40.0. The standard InChI is InChI=1S/C15H13F3N2O2/c16-15(17,18)22-12-8-6-11(7-9-12)20-13(14(19)21)10-4-2-1-3-5-10/h1-9,13,20H,(H2,19,21). The highest BCUT2D eigenvalue weighted by atomic mass is 19.4. The monoisotopic (exact) mass is 310 g/mol. The van der Waals surface area contributed by atoms with Crippen LogP contribution < -0.4 is 15.8 Å². The predicted octanol–water partition coefficient (Wildman–Crippen LogP) is 3.22. The van der Waals surface area contributed by atoms with Crippen LogP contribution in [-0.4, -0.2) is 12.3 Å². The lowest BCUT2D eigenvalue weighted by atomic mass is 10.1. The molecule has 0 saturated heterocycles. The summed E-state index contributed by atoms with van der Waals surface area (Å²) in [6.07, 6.45) is -4.74. The summed E-state index contributed by atoms with van der Waals surface area (Å²) in [5.74, 6) is -0.935. The van der Waals surface area contributed by atoms with Crippen LogP contribution in [0.4, 0.5) is 18.9 Å². The van der Waals surface area contributed by atoms with Crippen LogP contribution in [0, 0.1) is 0 Å². The molecule has 2 rings (SSSR count). The van der Waals surface area contributed by atoms with Gasteiger partial charge in [-0.05, 0) is 29.8 Å². The lowest BCUT2D eigenvalue weighted by Crippen LogP contribution is -2.27. The molecule has 0 spiro atoms. The zero-order valence-corrected chi connectivity index (χ0v) is 11.3. The summed E-state index contributed by atoms with van der Waals surface area (Å²) in [5.41, 5.74) is 6.46. The molecule has 2 aromatic carbocycles. The molecule has 7 heteroatoms. The zero-order valence-electron chi connectivity index (χ0n) is 11.3. The maximum Gasteiger partial charge on any atom is 0.573 e. The average molecular weight is 310 g/mol. The van der Waals surface area contributed by atoms with Crippen molar-refractivity contribution in [1.82, 2.24) is 0 Å². The second-order valence-electron chi connectivity index (χ2n) is 4.46. The number of primary amides is 1. The first-order valence-corrected chi connectivity index (χ1v) is 6.32. The number of rotatable bonds is 5. The summed E-state index contributed by atoms with van der Waals surface area (Å²) in [6.45, 7) is 0. The number of anilines is 1. The molecular formula is C15H13F3N2O2. The summed E-state index contributed by atoms with van der Waals surface area (Å²) in [6, 6.07) is 13.0. The number of carbonyl (C=O) groups excluding carboxylic acids is 1. The van der Waals surface area contributed by atoms with Gasteiger partial charge in [-0.25, -0.2) is 0 Å². The molecule has 0 aromatic heterocycles. The number of hydrogen-bond acceptors (Lipinski definition) is 3. The van der Waals surface area contributed by atoms with Crippen LogP contribution >= 0.6 is 0 Å². The molecule has 3 N–H and O–H groups in total. The predicted molar refractivity (Wildman–Crippen MR) is 75.1 cm³/mol. The number of halogens is 3. The highest BCUT2D eigenvalue weighted by molar-refractivity contribution is 5.84. The normalized spacial score (nSPS) is 12.5. The van der Waals surface area contributed by atoms with E-state index < -0.39 is 18.3 Å². The summed E-state index contributed by atoms with van der Waals surface area (Å²) >= 11 is 0. The lowest BCUT2D eigenvalue weighted by Gasteiger charge is -2.17. The molecule has 0 aliphatic rings. The molecule has 0 radical (unpaired) electrons. The van der Waals surface area contributed by atoms with Crippen molar-refractivity contribution in [2.24, 2.45) is 5.73 Å². The quantitative estimate of drug-likeness (QED) is 0.891. The second kappa shape index (κ2) is 6.38. The van der Waals surface area contributed by atoms with Gasteiger partial charge < -0.3 is 15.8 Å². The van der Waals surface area contributed by atoms with Gasteiger partial charge in [0.15, 0.2) is 0 Å². The van der Waals surface area contributed by atoms with E-state index in [-0.39, 0.29) is 5.75 Å². The molecule has 0 aliphatic carbocycles. The number of hydrogen-bond donors (Lipinski definition) is 2. The number of alkyl halides is 3. The number of amides is 1. The molecule has 0 bridgehead atoms. The van der Waals surface area contributed by atoms with Crippen LogP contribution in [0.15, 0.2) is 54.6 Å². The van der Waals surface area contributed by atoms with Gasteiger partial charge in [-0.2, -0.15) is 0 Å². The second-order valence-corrected chi connectivity index (χ2v) is 4.46. The molecule has 2 aromatic rings.